The smallest absolute Gasteiger partial charge is 0.247 e. The molecule has 1 saturated carbocycles. The fourth-order valence-corrected chi connectivity index (χ4v) is 4.95. The SMILES string of the molecule is COc1ccc(CN(C(=O)/C=C/C(=O)c2ccc(OC)cc2O)C(C(=O)NC2CCCCC2)c2ccncc2)cc1. The van der Waals surface area contributed by atoms with Gasteiger partial charge in [-0.15, -0.1) is 0 Å². The Bertz CT molecular complexity index is 1370. The molecule has 0 saturated heterocycles. The summed E-state index contributed by atoms with van der Waals surface area (Å²) >= 11 is 0. The number of phenolic OH excluding ortho intramolecular Hbond substituents is 1. The summed E-state index contributed by atoms with van der Waals surface area (Å²) in [6.45, 7) is 0.0974. The lowest BCUT2D eigenvalue weighted by Crippen LogP contribution is -2.46. The highest BCUT2D eigenvalue weighted by molar-refractivity contribution is 6.09. The van der Waals surface area contributed by atoms with Gasteiger partial charge in [0.25, 0.3) is 0 Å². The number of phenols is 1. The average molecular weight is 558 g/mol. The quantitative estimate of drug-likeness (QED) is 0.258. The number of methoxy groups -OCH3 is 2. The van der Waals surface area contributed by atoms with Crippen molar-refractivity contribution in [2.45, 2.75) is 50.7 Å². The maximum Gasteiger partial charge on any atom is 0.247 e. The predicted molar refractivity (Wildman–Crippen MR) is 154 cm³/mol. The van der Waals surface area contributed by atoms with E-state index in [-0.39, 0.29) is 29.8 Å². The number of aromatic nitrogens is 1. The molecule has 0 radical (unpaired) electrons. The standard InChI is InChI=1S/C32H35N3O6/c1-40-25-10-8-22(9-11-25)21-35(30(38)15-14-28(36)27-13-12-26(41-2)20-29(27)37)31(23-16-18-33-19-17-23)32(39)34-24-6-4-3-5-7-24/h8-20,24,31,37H,3-7,21H2,1-2H3,(H,34,39)/b15-14+. The number of hydrogen-bond donors (Lipinski definition) is 2. The van der Waals surface area contributed by atoms with Gasteiger partial charge >= 0.3 is 0 Å². The van der Waals surface area contributed by atoms with E-state index in [1.54, 1.807) is 49.8 Å². The summed E-state index contributed by atoms with van der Waals surface area (Å²) in [6, 6.07) is 14.0. The summed E-state index contributed by atoms with van der Waals surface area (Å²) in [5.74, 6) is -0.593. The molecule has 0 bridgehead atoms. The van der Waals surface area contributed by atoms with Crippen LogP contribution in [0.15, 0.2) is 79.1 Å². The number of nitrogens with zero attached hydrogens (tertiary/aromatic N) is 2. The molecule has 41 heavy (non-hydrogen) atoms. The number of benzene rings is 2. The largest absolute Gasteiger partial charge is 0.507 e. The first kappa shape index (κ1) is 29.3. The van der Waals surface area contributed by atoms with Crippen molar-refractivity contribution < 1.29 is 29.0 Å². The average Bonchev–Trinajstić information content (AvgIpc) is 3.00. The maximum atomic E-state index is 13.8. The normalized spacial score (nSPS) is 14.3. The highest BCUT2D eigenvalue weighted by atomic mass is 16.5. The topological polar surface area (TPSA) is 118 Å². The van der Waals surface area contributed by atoms with Crippen molar-refractivity contribution in [2.24, 2.45) is 0 Å². The van der Waals surface area contributed by atoms with E-state index in [9.17, 15) is 19.5 Å². The van der Waals surface area contributed by atoms with Gasteiger partial charge in [-0.2, -0.15) is 0 Å². The van der Waals surface area contributed by atoms with E-state index in [0.717, 1.165) is 49.8 Å². The van der Waals surface area contributed by atoms with E-state index < -0.39 is 17.7 Å². The molecule has 2 N–H and O–H groups in total. The van der Waals surface area contributed by atoms with Gasteiger partial charge in [-0.1, -0.05) is 31.4 Å². The fourth-order valence-electron chi connectivity index (χ4n) is 4.95. The van der Waals surface area contributed by atoms with E-state index >= 15 is 0 Å². The Morgan fingerprint density at radius 3 is 2.24 bits per heavy atom. The van der Waals surface area contributed by atoms with Crippen LogP contribution in [0, 0.1) is 0 Å². The molecule has 0 spiro atoms. The predicted octanol–water partition coefficient (Wildman–Crippen LogP) is 4.76. The van der Waals surface area contributed by atoms with E-state index in [1.165, 1.54) is 24.1 Å². The first-order chi connectivity index (χ1) is 19.9. The molecule has 1 unspecified atom stereocenters. The van der Waals surface area contributed by atoms with Crippen molar-refractivity contribution in [2.75, 3.05) is 14.2 Å². The second-order valence-corrected chi connectivity index (χ2v) is 9.92. The molecule has 3 aromatic rings. The van der Waals surface area contributed by atoms with Gasteiger partial charge in [0.15, 0.2) is 5.78 Å². The number of ketones is 1. The summed E-state index contributed by atoms with van der Waals surface area (Å²) in [7, 11) is 3.03. The Kier molecular flexibility index (Phi) is 10.1. The van der Waals surface area contributed by atoms with Gasteiger partial charge in [-0.05, 0) is 66.4 Å². The van der Waals surface area contributed by atoms with Crippen molar-refractivity contribution >= 4 is 17.6 Å². The van der Waals surface area contributed by atoms with Gasteiger partial charge in [0.2, 0.25) is 11.8 Å². The summed E-state index contributed by atoms with van der Waals surface area (Å²) in [5.41, 5.74) is 1.40. The van der Waals surface area contributed by atoms with Crippen molar-refractivity contribution in [3.05, 3.63) is 95.8 Å². The zero-order chi connectivity index (χ0) is 29.2. The van der Waals surface area contributed by atoms with Gasteiger partial charge in [-0.3, -0.25) is 19.4 Å². The summed E-state index contributed by atoms with van der Waals surface area (Å²) in [6.07, 6.45) is 10.4. The van der Waals surface area contributed by atoms with Gasteiger partial charge < -0.3 is 24.8 Å². The lowest BCUT2D eigenvalue weighted by atomic mass is 9.94. The minimum absolute atomic E-state index is 0.0253. The first-order valence-electron chi connectivity index (χ1n) is 13.6. The molecule has 2 amide bonds. The molecule has 9 nitrogen and oxygen atoms in total. The summed E-state index contributed by atoms with van der Waals surface area (Å²) in [4.78, 5) is 46.0. The third-order valence-electron chi connectivity index (χ3n) is 7.18. The lowest BCUT2D eigenvalue weighted by Gasteiger charge is -2.33. The monoisotopic (exact) mass is 557 g/mol. The van der Waals surface area contributed by atoms with Crippen molar-refractivity contribution in [3.8, 4) is 17.2 Å². The molecule has 1 aromatic heterocycles. The van der Waals surface area contributed by atoms with Crippen LogP contribution in [0.5, 0.6) is 17.2 Å². The molecule has 1 fully saturated rings. The second-order valence-electron chi connectivity index (χ2n) is 9.92. The number of rotatable bonds is 11. The maximum absolute atomic E-state index is 13.8. The molecule has 9 heteroatoms. The highest BCUT2D eigenvalue weighted by Crippen LogP contribution is 2.27. The Labute approximate surface area is 239 Å². The first-order valence-corrected chi connectivity index (χ1v) is 13.6. The third-order valence-corrected chi connectivity index (χ3v) is 7.18. The molecule has 0 aliphatic heterocycles. The van der Waals surface area contributed by atoms with Crippen LogP contribution in [0.2, 0.25) is 0 Å². The number of ether oxygens (including phenoxy) is 2. The number of carbonyl (C=O) groups excluding carboxylic acids is 3. The lowest BCUT2D eigenvalue weighted by molar-refractivity contribution is -0.138. The molecule has 214 valence electrons. The highest BCUT2D eigenvalue weighted by Gasteiger charge is 2.32. The van der Waals surface area contributed by atoms with Crippen LogP contribution < -0.4 is 14.8 Å². The molecular formula is C32H35N3O6. The van der Waals surface area contributed by atoms with Crippen LogP contribution >= 0.6 is 0 Å². The molecule has 1 aliphatic carbocycles. The van der Waals surface area contributed by atoms with Gasteiger partial charge in [0, 0.05) is 37.1 Å². The molecule has 2 aromatic carbocycles. The molecule has 1 aliphatic rings. The van der Waals surface area contributed by atoms with Crippen LogP contribution in [0.25, 0.3) is 0 Å². The van der Waals surface area contributed by atoms with Crippen molar-refractivity contribution in [1.29, 1.82) is 0 Å². The van der Waals surface area contributed by atoms with E-state index in [4.69, 9.17) is 9.47 Å². The Hall–Kier alpha value is -4.66. The minimum atomic E-state index is -0.969. The van der Waals surface area contributed by atoms with Crippen LogP contribution in [0.4, 0.5) is 0 Å². The number of hydrogen-bond acceptors (Lipinski definition) is 7. The number of aromatic hydroxyl groups is 1. The Balaban J connectivity index is 1.67. The number of nitrogens with one attached hydrogen (secondary N) is 1. The summed E-state index contributed by atoms with van der Waals surface area (Å²) in [5, 5.41) is 13.4. The van der Waals surface area contributed by atoms with E-state index in [0.29, 0.717) is 17.1 Å². The minimum Gasteiger partial charge on any atom is -0.507 e. The fraction of sp³-hybridized carbons (Fsp3) is 0.312. The van der Waals surface area contributed by atoms with Crippen molar-refractivity contribution in [1.82, 2.24) is 15.2 Å². The van der Waals surface area contributed by atoms with Gasteiger partial charge in [-0.25, -0.2) is 0 Å². The molecule has 1 heterocycles. The number of carbonyl (C=O) groups is 3. The Morgan fingerprint density at radius 1 is 0.951 bits per heavy atom. The van der Waals surface area contributed by atoms with Crippen LogP contribution in [-0.2, 0) is 16.1 Å². The van der Waals surface area contributed by atoms with Crippen LogP contribution in [0.1, 0.15) is 59.6 Å². The number of pyridine rings is 1. The zero-order valence-electron chi connectivity index (χ0n) is 23.3. The molecular weight excluding hydrogens is 522 g/mol. The van der Waals surface area contributed by atoms with Gasteiger partial charge in [0.05, 0.1) is 19.8 Å². The number of amides is 2. The Morgan fingerprint density at radius 2 is 1.61 bits per heavy atom. The molecule has 4 rings (SSSR count). The van der Waals surface area contributed by atoms with E-state index in [2.05, 4.69) is 10.3 Å². The van der Waals surface area contributed by atoms with Crippen LogP contribution in [0.3, 0.4) is 0 Å². The third kappa shape index (κ3) is 7.72. The number of allylic oxidation sites excluding steroid dienone is 1. The summed E-state index contributed by atoms with van der Waals surface area (Å²) < 4.78 is 10.3. The van der Waals surface area contributed by atoms with Crippen molar-refractivity contribution in [3.63, 3.8) is 0 Å². The zero-order valence-corrected chi connectivity index (χ0v) is 23.3. The van der Waals surface area contributed by atoms with Crippen LogP contribution in [-0.4, -0.2) is 52.8 Å². The van der Waals surface area contributed by atoms with E-state index in [1.807, 2.05) is 12.1 Å². The molecule has 1 atom stereocenters. The second kappa shape index (κ2) is 14.1. The van der Waals surface area contributed by atoms with Gasteiger partial charge in [0.1, 0.15) is 23.3 Å².